The van der Waals surface area contributed by atoms with Crippen LogP contribution >= 0.6 is 11.3 Å². The summed E-state index contributed by atoms with van der Waals surface area (Å²) < 4.78 is 0. The Balaban J connectivity index is 2.10. The fourth-order valence-corrected chi connectivity index (χ4v) is 2.67. The van der Waals surface area contributed by atoms with Crippen molar-refractivity contribution in [2.75, 3.05) is 5.32 Å². The molecule has 1 heterocycles. The first kappa shape index (κ1) is 14.3. The second-order valence-corrected chi connectivity index (χ2v) is 5.81. The van der Waals surface area contributed by atoms with Crippen molar-refractivity contribution >= 4 is 22.9 Å². The number of carbonyl (C=O) groups excluding carboxylic acids is 1. The average Bonchev–Trinajstić information content (AvgIpc) is 2.93. The Bertz CT molecular complexity index is 641. The van der Waals surface area contributed by atoms with Crippen molar-refractivity contribution in [1.82, 2.24) is 0 Å². The maximum Gasteiger partial charge on any atom is 0.242 e. The third kappa shape index (κ3) is 3.46. The lowest BCUT2D eigenvalue weighted by molar-refractivity contribution is -0.118. The molecule has 1 amide bonds. The molecule has 0 saturated carbocycles. The molecule has 0 spiro atoms. The molecule has 1 N–H and O–H groups in total. The Labute approximate surface area is 122 Å². The van der Waals surface area contributed by atoms with Gasteiger partial charge in [0.25, 0.3) is 0 Å². The SMILES string of the molecule is Cc1ccc(C)c(NC(=O)[C@@H](C#N)Cc2cccs2)c1. The molecular formula is C16H16N2OS. The standard InChI is InChI=1S/C16H16N2OS/c1-11-5-6-12(2)15(8-11)18-16(19)13(10-17)9-14-4-3-7-20-14/h3-8,13H,9H2,1-2H3,(H,18,19)/t13-/m1/s1. The van der Waals surface area contributed by atoms with E-state index in [9.17, 15) is 10.1 Å². The van der Waals surface area contributed by atoms with Gasteiger partial charge in [-0.15, -0.1) is 11.3 Å². The van der Waals surface area contributed by atoms with Crippen molar-refractivity contribution in [3.8, 4) is 6.07 Å². The van der Waals surface area contributed by atoms with Gasteiger partial charge in [0.2, 0.25) is 5.91 Å². The summed E-state index contributed by atoms with van der Waals surface area (Å²) in [5.41, 5.74) is 2.86. The number of aryl methyl sites for hydroxylation is 2. The number of nitriles is 1. The van der Waals surface area contributed by atoms with Crippen molar-refractivity contribution in [1.29, 1.82) is 5.26 Å². The van der Waals surface area contributed by atoms with Crippen molar-refractivity contribution in [3.05, 3.63) is 51.7 Å². The lowest BCUT2D eigenvalue weighted by atomic mass is 10.0. The number of amides is 1. The average molecular weight is 284 g/mol. The molecule has 2 rings (SSSR count). The Kier molecular flexibility index (Phi) is 4.54. The highest BCUT2D eigenvalue weighted by atomic mass is 32.1. The van der Waals surface area contributed by atoms with Gasteiger partial charge in [0.05, 0.1) is 6.07 Å². The van der Waals surface area contributed by atoms with E-state index in [1.54, 1.807) is 11.3 Å². The molecule has 0 saturated heterocycles. The molecule has 0 aliphatic carbocycles. The zero-order valence-corrected chi connectivity index (χ0v) is 12.3. The summed E-state index contributed by atoms with van der Waals surface area (Å²) in [6, 6.07) is 11.8. The summed E-state index contributed by atoms with van der Waals surface area (Å²) in [4.78, 5) is 13.3. The van der Waals surface area contributed by atoms with Crippen molar-refractivity contribution in [2.24, 2.45) is 5.92 Å². The van der Waals surface area contributed by atoms with Crippen LogP contribution in [0.2, 0.25) is 0 Å². The van der Waals surface area contributed by atoms with Crippen LogP contribution in [-0.4, -0.2) is 5.91 Å². The molecule has 4 heteroatoms. The number of hydrogen-bond acceptors (Lipinski definition) is 3. The van der Waals surface area contributed by atoms with Gasteiger partial charge in [-0.3, -0.25) is 4.79 Å². The summed E-state index contributed by atoms with van der Waals surface area (Å²) >= 11 is 1.56. The number of hydrogen-bond donors (Lipinski definition) is 1. The van der Waals surface area contributed by atoms with Crippen LogP contribution in [0.15, 0.2) is 35.7 Å². The molecule has 1 aromatic heterocycles. The quantitative estimate of drug-likeness (QED) is 0.931. The molecule has 3 nitrogen and oxygen atoms in total. The summed E-state index contributed by atoms with van der Waals surface area (Å²) in [6.07, 6.45) is 0.463. The number of thiophene rings is 1. The first-order chi connectivity index (χ1) is 9.60. The van der Waals surface area contributed by atoms with E-state index in [2.05, 4.69) is 11.4 Å². The van der Waals surface area contributed by atoms with Gasteiger partial charge < -0.3 is 5.32 Å². The molecule has 0 fully saturated rings. The van der Waals surface area contributed by atoms with Gasteiger partial charge in [-0.2, -0.15) is 5.26 Å². The van der Waals surface area contributed by atoms with E-state index in [-0.39, 0.29) is 5.91 Å². The molecule has 0 aliphatic heterocycles. The minimum Gasteiger partial charge on any atom is -0.325 e. The molecule has 2 aromatic rings. The van der Waals surface area contributed by atoms with Crippen molar-refractivity contribution < 1.29 is 4.79 Å². The number of carbonyl (C=O) groups is 1. The van der Waals surface area contributed by atoms with E-state index in [1.807, 2.05) is 49.6 Å². The Morgan fingerprint density at radius 1 is 1.40 bits per heavy atom. The normalized spacial score (nSPS) is 11.7. The molecule has 0 bridgehead atoms. The molecule has 102 valence electrons. The predicted octanol–water partition coefficient (Wildman–Crippen LogP) is 3.69. The largest absolute Gasteiger partial charge is 0.325 e. The van der Waals surface area contributed by atoms with E-state index in [0.29, 0.717) is 6.42 Å². The van der Waals surface area contributed by atoms with E-state index in [1.165, 1.54) is 0 Å². The number of benzene rings is 1. The zero-order valence-electron chi connectivity index (χ0n) is 11.5. The topological polar surface area (TPSA) is 52.9 Å². The van der Waals surface area contributed by atoms with Crippen LogP contribution in [0.4, 0.5) is 5.69 Å². The van der Waals surface area contributed by atoms with Gasteiger partial charge in [0.15, 0.2) is 0 Å². The van der Waals surface area contributed by atoms with E-state index in [4.69, 9.17) is 0 Å². The number of anilines is 1. The zero-order chi connectivity index (χ0) is 14.5. The van der Waals surface area contributed by atoms with Crippen molar-refractivity contribution in [2.45, 2.75) is 20.3 Å². The molecule has 0 unspecified atom stereocenters. The number of nitrogens with one attached hydrogen (secondary N) is 1. The second-order valence-electron chi connectivity index (χ2n) is 4.77. The van der Waals surface area contributed by atoms with Gasteiger partial charge in [0, 0.05) is 17.0 Å². The van der Waals surface area contributed by atoms with E-state index in [0.717, 1.165) is 21.7 Å². The first-order valence-electron chi connectivity index (χ1n) is 6.40. The van der Waals surface area contributed by atoms with Crippen LogP contribution in [0.25, 0.3) is 0 Å². The second kappa shape index (κ2) is 6.36. The van der Waals surface area contributed by atoms with E-state index >= 15 is 0 Å². The van der Waals surface area contributed by atoms with Crippen LogP contribution in [0, 0.1) is 31.1 Å². The van der Waals surface area contributed by atoms with Gasteiger partial charge in [0.1, 0.15) is 5.92 Å². The highest BCUT2D eigenvalue weighted by Gasteiger charge is 2.19. The minimum absolute atomic E-state index is 0.241. The van der Waals surface area contributed by atoms with Crippen LogP contribution in [0.5, 0.6) is 0 Å². The van der Waals surface area contributed by atoms with Crippen LogP contribution in [0.1, 0.15) is 16.0 Å². The predicted molar refractivity (Wildman–Crippen MR) is 81.7 cm³/mol. The van der Waals surface area contributed by atoms with Crippen LogP contribution in [-0.2, 0) is 11.2 Å². The minimum atomic E-state index is -0.659. The van der Waals surface area contributed by atoms with Crippen LogP contribution < -0.4 is 5.32 Å². The van der Waals surface area contributed by atoms with E-state index < -0.39 is 5.92 Å². The van der Waals surface area contributed by atoms with Gasteiger partial charge in [-0.05, 0) is 42.5 Å². The monoisotopic (exact) mass is 284 g/mol. The fraction of sp³-hybridized carbons (Fsp3) is 0.250. The molecule has 20 heavy (non-hydrogen) atoms. The molecular weight excluding hydrogens is 268 g/mol. The summed E-state index contributed by atoms with van der Waals surface area (Å²) in [5.74, 6) is -0.900. The van der Waals surface area contributed by atoms with Gasteiger partial charge >= 0.3 is 0 Å². The number of rotatable bonds is 4. The summed E-state index contributed by atoms with van der Waals surface area (Å²) in [7, 11) is 0. The third-order valence-corrected chi connectivity index (χ3v) is 4.01. The highest BCUT2D eigenvalue weighted by Crippen LogP contribution is 2.19. The fourth-order valence-electron chi connectivity index (χ4n) is 1.92. The lowest BCUT2D eigenvalue weighted by Crippen LogP contribution is -2.23. The maximum absolute atomic E-state index is 12.2. The van der Waals surface area contributed by atoms with Gasteiger partial charge in [-0.25, -0.2) is 0 Å². The molecule has 1 aromatic carbocycles. The highest BCUT2D eigenvalue weighted by molar-refractivity contribution is 7.09. The Morgan fingerprint density at radius 2 is 2.20 bits per heavy atom. The van der Waals surface area contributed by atoms with Gasteiger partial charge in [-0.1, -0.05) is 18.2 Å². The third-order valence-electron chi connectivity index (χ3n) is 3.11. The molecule has 1 atom stereocenters. The summed E-state index contributed by atoms with van der Waals surface area (Å²) in [6.45, 7) is 3.91. The Morgan fingerprint density at radius 3 is 2.85 bits per heavy atom. The summed E-state index contributed by atoms with van der Waals surface area (Å²) in [5, 5.41) is 14.0. The Hall–Kier alpha value is -2.12. The maximum atomic E-state index is 12.2. The van der Waals surface area contributed by atoms with Crippen LogP contribution in [0.3, 0.4) is 0 Å². The molecule has 0 radical (unpaired) electrons. The molecule has 0 aliphatic rings. The first-order valence-corrected chi connectivity index (χ1v) is 7.28. The van der Waals surface area contributed by atoms with Crippen molar-refractivity contribution in [3.63, 3.8) is 0 Å². The smallest absolute Gasteiger partial charge is 0.242 e. The number of nitrogens with zero attached hydrogens (tertiary/aromatic N) is 1. The lowest BCUT2D eigenvalue weighted by Gasteiger charge is -2.12.